The lowest BCUT2D eigenvalue weighted by Gasteiger charge is -2.05. The first-order valence-corrected chi connectivity index (χ1v) is 5.94. The van der Waals surface area contributed by atoms with Gasteiger partial charge in [0.1, 0.15) is 5.82 Å². The van der Waals surface area contributed by atoms with Gasteiger partial charge in [0.25, 0.3) is 5.91 Å². The van der Waals surface area contributed by atoms with Crippen molar-refractivity contribution < 1.29 is 18.5 Å². The van der Waals surface area contributed by atoms with E-state index in [4.69, 9.17) is 0 Å². The lowest BCUT2D eigenvalue weighted by atomic mass is 10.1. The van der Waals surface area contributed by atoms with Crippen molar-refractivity contribution in [3.8, 4) is 0 Å². The number of amides is 1. The quantitative estimate of drug-likeness (QED) is 0.695. The van der Waals surface area contributed by atoms with E-state index in [0.717, 1.165) is 18.2 Å². The Labute approximate surface area is 118 Å². The first-order valence-electron chi connectivity index (χ1n) is 5.94. The van der Waals surface area contributed by atoms with Crippen LogP contribution in [0, 0.1) is 21.7 Å². The molecule has 0 spiro atoms. The zero-order chi connectivity index (χ0) is 15.4. The second kappa shape index (κ2) is 6.08. The molecule has 0 fully saturated rings. The van der Waals surface area contributed by atoms with Gasteiger partial charge in [-0.25, -0.2) is 4.39 Å². The summed E-state index contributed by atoms with van der Waals surface area (Å²) in [6.45, 7) is 0.129. The van der Waals surface area contributed by atoms with Crippen LogP contribution in [0.4, 0.5) is 14.5 Å². The molecular weight excluding hydrogens is 282 g/mol. The predicted octanol–water partition coefficient (Wildman–Crippen LogP) is 2.80. The number of nitrogens with one attached hydrogen (secondary N) is 1. The van der Waals surface area contributed by atoms with E-state index < -0.39 is 22.3 Å². The van der Waals surface area contributed by atoms with Crippen LogP contribution >= 0.6 is 0 Å². The van der Waals surface area contributed by atoms with Gasteiger partial charge in [-0.1, -0.05) is 12.1 Å². The first-order chi connectivity index (χ1) is 9.97. The van der Waals surface area contributed by atoms with E-state index in [1.807, 2.05) is 0 Å². The van der Waals surface area contributed by atoms with Crippen LogP contribution in [-0.4, -0.2) is 10.8 Å². The lowest BCUT2D eigenvalue weighted by Crippen LogP contribution is -2.22. The van der Waals surface area contributed by atoms with E-state index in [9.17, 15) is 23.7 Å². The molecule has 108 valence electrons. The molecule has 0 atom stereocenters. The molecule has 21 heavy (non-hydrogen) atoms. The van der Waals surface area contributed by atoms with Crippen molar-refractivity contribution in [3.05, 3.63) is 75.3 Å². The lowest BCUT2D eigenvalue weighted by molar-refractivity contribution is -0.387. The Morgan fingerprint density at radius 2 is 1.81 bits per heavy atom. The highest BCUT2D eigenvalue weighted by Gasteiger charge is 2.17. The standard InChI is InChI=1S/C14H10F2N2O3/c15-11-4-1-9(2-5-11)8-17-14(19)10-3-6-12(16)13(7-10)18(20)21/h1-7H,8H2,(H,17,19). The third-order valence-corrected chi connectivity index (χ3v) is 2.77. The van der Waals surface area contributed by atoms with Crippen molar-refractivity contribution in [1.29, 1.82) is 0 Å². The molecule has 0 bridgehead atoms. The molecule has 0 aliphatic heterocycles. The summed E-state index contributed by atoms with van der Waals surface area (Å²) in [6, 6.07) is 8.41. The second-order valence-electron chi connectivity index (χ2n) is 4.23. The van der Waals surface area contributed by atoms with Gasteiger partial charge in [-0.3, -0.25) is 14.9 Å². The zero-order valence-corrected chi connectivity index (χ0v) is 10.7. The van der Waals surface area contributed by atoms with Gasteiger partial charge in [-0.2, -0.15) is 4.39 Å². The first kappa shape index (κ1) is 14.6. The van der Waals surface area contributed by atoms with Crippen LogP contribution in [-0.2, 0) is 6.54 Å². The van der Waals surface area contributed by atoms with E-state index in [1.54, 1.807) is 0 Å². The number of carbonyl (C=O) groups excluding carboxylic acids is 1. The van der Waals surface area contributed by atoms with Gasteiger partial charge in [-0.15, -0.1) is 0 Å². The van der Waals surface area contributed by atoms with Crippen LogP contribution in [0.15, 0.2) is 42.5 Å². The molecular formula is C14H10F2N2O3. The Bertz CT molecular complexity index is 687. The fourth-order valence-corrected chi connectivity index (χ4v) is 1.68. The topological polar surface area (TPSA) is 72.2 Å². The number of benzene rings is 2. The predicted molar refractivity (Wildman–Crippen MR) is 70.6 cm³/mol. The van der Waals surface area contributed by atoms with Gasteiger partial charge in [0.2, 0.25) is 5.82 Å². The SMILES string of the molecule is O=C(NCc1ccc(F)cc1)c1ccc(F)c([N+](=O)[O-])c1. The molecule has 0 aliphatic carbocycles. The third-order valence-electron chi connectivity index (χ3n) is 2.77. The minimum absolute atomic E-state index is 0.0230. The summed E-state index contributed by atoms with van der Waals surface area (Å²) in [5.74, 6) is -1.98. The number of hydrogen-bond donors (Lipinski definition) is 1. The van der Waals surface area contributed by atoms with E-state index in [-0.39, 0.29) is 17.9 Å². The molecule has 1 amide bonds. The van der Waals surface area contributed by atoms with E-state index in [1.165, 1.54) is 24.3 Å². The molecule has 1 N–H and O–H groups in total. The molecule has 5 nitrogen and oxygen atoms in total. The minimum atomic E-state index is -1.00. The molecule has 2 aromatic carbocycles. The molecule has 0 saturated heterocycles. The molecule has 0 radical (unpaired) electrons. The van der Waals surface area contributed by atoms with Gasteiger partial charge in [-0.05, 0) is 29.8 Å². The van der Waals surface area contributed by atoms with Crippen LogP contribution in [0.5, 0.6) is 0 Å². The largest absolute Gasteiger partial charge is 0.348 e. The Balaban J connectivity index is 2.08. The van der Waals surface area contributed by atoms with Gasteiger partial charge in [0, 0.05) is 18.2 Å². The average Bonchev–Trinajstić information content (AvgIpc) is 2.46. The Hall–Kier alpha value is -2.83. The van der Waals surface area contributed by atoms with Crippen molar-refractivity contribution in [3.63, 3.8) is 0 Å². The fraction of sp³-hybridized carbons (Fsp3) is 0.0714. The molecule has 0 aliphatic rings. The second-order valence-corrected chi connectivity index (χ2v) is 4.23. The molecule has 2 aromatic rings. The maximum atomic E-state index is 13.2. The van der Waals surface area contributed by atoms with Crippen LogP contribution in [0.2, 0.25) is 0 Å². The van der Waals surface area contributed by atoms with E-state index in [2.05, 4.69) is 5.32 Å². The average molecular weight is 292 g/mol. The molecule has 0 aromatic heterocycles. The van der Waals surface area contributed by atoms with Crippen molar-refractivity contribution >= 4 is 11.6 Å². The maximum Gasteiger partial charge on any atom is 0.305 e. The summed E-state index contributed by atoms with van der Waals surface area (Å²) >= 11 is 0. The summed E-state index contributed by atoms with van der Waals surface area (Å²) in [5.41, 5.74) is -0.115. The van der Waals surface area contributed by atoms with E-state index >= 15 is 0 Å². The monoisotopic (exact) mass is 292 g/mol. The highest BCUT2D eigenvalue weighted by atomic mass is 19.1. The normalized spacial score (nSPS) is 10.2. The summed E-state index contributed by atoms with van der Waals surface area (Å²) in [6.07, 6.45) is 0. The molecule has 7 heteroatoms. The third kappa shape index (κ3) is 3.59. The molecule has 0 unspecified atom stereocenters. The fourth-order valence-electron chi connectivity index (χ4n) is 1.68. The molecule has 0 saturated carbocycles. The summed E-state index contributed by atoms with van der Waals surface area (Å²) < 4.78 is 25.9. The summed E-state index contributed by atoms with van der Waals surface area (Å²) in [7, 11) is 0. The number of rotatable bonds is 4. The zero-order valence-electron chi connectivity index (χ0n) is 10.7. The Morgan fingerprint density at radius 3 is 2.43 bits per heavy atom. The van der Waals surface area contributed by atoms with Gasteiger partial charge in [0.05, 0.1) is 4.92 Å². The van der Waals surface area contributed by atoms with Gasteiger partial charge < -0.3 is 5.32 Å². The van der Waals surface area contributed by atoms with Crippen molar-refractivity contribution in [2.24, 2.45) is 0 Å². The van der Waals surface area contributed by atoms with Crippen LogP contribution in [0.3, 0.4) is 0 Å². The van der Waals surface area contributed by atoms with E-state index in [0.29, 0.717) is 5.56 Å². The van der Waals surface area contributed by atoms with Crippen molar-refractivity contribution in [1.82, 2.24) is 5.32 Å². The summed E-state index contributed by atoms with van der Waals surface area (Å²) in [5, 5.41) is 13.1. The summed E-state index contributed by atoms with van der Waals surface area (Å²) in [4.78, 5) is 21.6. The number of carbonyl (C=O) groups is 1. The van der Waals surface area contributed by atoms with Crippen molar-refractivity contribution in [2.45, 2.75) is 6.54 Å². The molecule has 0 heterocycles. The Kier molecular flexibility index (Phi) is 4.22. The Morgan fingerprint density at radius 1 is 1.14 bits per heavy atom. The molecule has 2 rings (SSSR count). The van der Waals surface area contributed by atoms with Crippen LogP contribution < -0.4 is 5.32 Å². The number of hydrogen-bond acceptors (Lipinski definition) is 3. The highest BCUT2D eigenvalue weighted by molar-refractivity contribution is 5.94. The van der Waals surface area contributed by atoms with Crippen LogP contribution in [0.25, 0.3) is 0 Å². The number of nitro groups is 1. The van der Waals surface area contributed by atoms with Crippen LogP contribution in [0.1, 0.15) is 15.9 Å². The van der Waals surface area contributed by atoms with Crippen molar-refractivity contribution in [2.75, 3.05) is 0 Å². The number of nitro benzene ring substituents is 1. The maximum absolute atomic E-state index is 13.2. The van der Waals surface area contributed by atoms with Gasteiger partial charge in [0.15, 0.2) is 0 Å². The van der Waals surface area contributed by atoms with Gasteiger partial charge >= 0.3 is 5.69 Å². The number of nitrogens with zero attached hydrogens (tertiary/aromatic N) is 1. The smallest absolute Gasteiger partial charge is 0.305 e. The highest BCUT2D eigenvalue weighted by Crippen LogP contribution is 2.18. The minimum Gasteiger partial charge on any atom is -0.348 e. The number of halogens is 2.